The molecule has 12 nitrogen and oxygen atoms in total. The number of nitrogens with one attached hydrogen (secondary N) is 1. The highest BCUT2D eigenvalue weighted by atomic mass is 79.9. The minimum atomic E-state index is -1.19. The summed E-state index contributed by atoms with van der Waals surface area (Å²) in [6.45, 7) is 4.21. The molecule has 2 amide bonds. The van der Waals surface area contributed by atoms with Crippen molar-refractivity contribution in [1.29, 1.82) is 0 Å². The van der Waals surface area contributed by atoms with Crippen molar-refractivity contribution in [3.8, 4) is 0 Å². The van der Waals surface area contributed by atoms with Gasteiger partial charge in [0.25, 0.3) is 11.8 Å². The maximum absolute atomic E-state index is 13.1. The van der Waals surface area contributed by atoms with E-state index in [1.165, 1.54) is 16.7 Å². The Morgan fingerprint density at radius 3 is 2.89 bits per heavy atom. The highest BCUT2D eigenvalue weighted by molar-refractivity contribution is 9.10. The predicted molar refractivity (Wildman–Crippen MR) is 144 cm³/mol. The molecule has 0 aliphatic carbocycles. The number of β-lactam (4-membered cyclic amide) rings is 1. The van der Waals surface area contributed by atoms with Gasteiger partial charge in [-0.15, -0.1) is 23.1 Å². The lowest BCUT2D eigenvalue weighted by Gasteiger charge is -2.49. The molecule has 0 unspecified atom stereocenters. The van der Waals surface area contributed by atoms with Gasteiger partial charge in [0.15, 0.2) is 23.6 Å². The molecular weight excluding hydrogens is 598 g/mol. The number of hydrogen-bond acceptors (Lipinski definition) is 9. The largest absolute Gasteiger partial charge is 0.477 e. The number of halogens is 1. The van der Waals surface area contributed by atoms with Crippen LogP contribution in [0.1, 0.15) is 18.3 Å². The quantitative estimate of drug-likeness (QED) is 0.148. The Morgan fingerprint density at radius 2 is 2.21 bits per heavy atom. The van der Waals surface area contributed by atoms with Crippen molar-refractivity contribution in [2.75, 3.05) is 18.1 Å². The minimum absolute atomic E-state index is 0.0527. The fourth-order valence-electron chi connectivity index (χ4n) is 4.40. The molecule has 5 heterocycles. The molecule has 38 heavy (non-hydrogen) atoms. The molecule has 15 heteroatoms. The van der Waals surface area contributed by atoms with Crippen LogP contribution in [0.3, 0.4) is 0 Å². The number of aryl methyl sites for hydroxylation is 1. The number of amides is 2. The Labute approximate surface area is 233 Å². The summed E-state index contributed by atoms with van der Waals surface area (Å²) in [5, 5.41) is 17.8. The molecule has 4 N–H and O–H groups in total. The number of nitrogen functional groups attached to an aromatic ring is 1. The molecule has 0 spiro atoms. The molecular formula is C23H23BrN7O5S2+. The normalized spacial score (nSPS) is 19.4. The molecule has 3 aromatic heterocycles. The van der Waals surface area contributed by atoms with Gasteiger partial charge < -0.3 is 21.0 Å². The molecule has 0 saturated carbocycles. The summed E-state index contributed by atoms with van der Waals surface area (Å²) in [5.74, 6) is -1.98. The van der Waals surface area contributed by atoms with E-state index >= 15 is 0 Å². The maximum Gasteiger partial charge on any atom is 0.352 e. The Balaban J connectivity index is 1.38. The average Bonchev–Trinajstić information content (AvgIpc) is 3.49. The molecule has 0 bridgehead atoms. The Bertz CT molecular complexity index is 1530. The number of anilines is 1. The second-order valence-electron chi connectivity index (χ2n) is 8.47. The zero-order valence-electron chi connectivity index (χ0n) is 20.3. The number of nitrogens with two attached hydrogens (primary N) is 1. The molecule has 2 aliphatic heterocycles. The van der Waals surface area contributed by atoms with Crippen molar-refractivity contribution in [2.24, 2.45) is 5.16 Å². The van der Waals surface area contributed by atoms with Gasteiger partial charge in [-0.2, -0.15) is 4.57 Å². The van der Waals surface area contributed by atoms with Gasteiger partial charge >= 0.3 is 5.97 Å². The van der Waals surface area contributed by atoms with Gasteiger partial charge in [-0.05, 0) is 35.0 Å². The van der Waals surface area contributed by atoms with Crippen LogP contribution in [-0.2, 0) is 25.8 Å². The highest BCUT2D eigenvalue weighted by Crippen LogP contribution is 2.40. The summed E-state index contributed by atoms with van der Waals surface area (Å²) < 4.78 is 4.86. The van der Waals surface area contributed by atoms with Crippen molar-refractivity contribution < 1.29 is 28.9 Å². The minimum Gasteiger partial charge on any atom is -0.477 e. The number of carboxylic acid groups (broad SMARTS) is 1. The first-order valence-electron chi connectivity index (χ1n) is 11.5. The third-order valence-corrected chi connectivity index (χ3v) is 8.89. The van der Waals surface area contributed by atoms with E-state index in [-0.39, 0.29) is 28.8 Å². The second-order valence-corrected chi connectivity index (χ2v) is 11.3. The lowest BCUT2D eigenvalue weighted by Crippen LogP contribution is -2.71. The summed E-state index contributed by atoms with van der Waals surface area (Å²) in [5.41, 5.74) is 8.29. The van der Waals surface area contributed by atoms with E-state index in [0.717, 1.165) is 27.2 Å². The van der Waals surface area contributed by atoms with E-state index in [2.05, 4.69) is 31.4 Å². The zero-order valence-corrected chi connectivity index (χ0v) is 23.5. The number of hydrogen-bond donors (Lipinski definition) is 3. The summed E-state index contributed by atoms with van der Waals surface area (Å²) in [7, 11) is 0. The lowest BCUT2D eigenvalue weighted by molar-refractivity contribution is -0.694. The van der Waals surface area contributed by atoms with Crippen LogP contribution in [0.15, 0.2) is 50.9 Å². The number of carbonyl (C=O) groups is 3. The van der Waals surface area contributed by atoms with Crippen molar-refractivity contribution in [2.45, 2.75) is 31.8 Å². The second kappa shape index (κ2) is 10.4. The molecule has 2 atom stereocenters. The standard InChI is InChI=1S/C23H22BrN7O5S2/c1-3-36-28-16(13-10-38-23(25)26-13)19(32)27-17-20(33)31-18(22(34)35)12(9-37-21(17)31)8-29-6-7-30-14(11(29)2)4-5-15(30)24/h4-7,10,17,21H,3,8-9H2,1-2H3,(H3-,25,26,27,32,34,35)/p+1/b28-16-/t17-,21-/m1/s1. The molecule has 198 valence electrons. The number of carbonyl (C=O) groups excluding carboxylic acids is 2. The summed E-state index contributed by atoms with van der Waals surface area (Å²) in [6, 6.07) is 3.00. The van der Waals surface area contributed by atoms with Gasteiger partial charge in [0.05, 0.1) is 10.8 Å². The van der Waals surface area contributed by atoms with Crippen LogP contribution in [0.25, 0.3) is 5.52 Å². The number of fused-ring (bicyclic) bond motifs is 2. The Morgan fingerprint density at radius 1 is 1.42 bits per heavy atom. The topological polar surface area (TPSA) is 156 Å². The van der Waals surface area contributed by atoms with E-state index in [0.29, 0.717) is 17.9 Å². The molecule has 3 aromatic rings. The van der Waals surface area contributed by atoms with Crippen LogP contribution >= 0.6 is 39.0 Å². The van der Waals surface area contributed by atoms with E-state index in [1.54, 1.807) is 12.3 Å². The van der Waals surface area contributed by atoms with Crippen LogP contribution < -0.4 is 15.6 Å². The van der Waals surface area contributed by atoms with Gasteiger partial charge in [-0.25, -0.2) is 9.78 Å². The van der Waals surface area contributed by atoms with Gasteiger partial charge in [0, 0.05) is 23.6 Å². The number of thiazole rings is 1. The predicted octanol–water partition coefficient (Wildman–Crippen LogP) is 1.52. The van der Waals surface area contributed by atoms with Crippen LogP contribution in [0.4, 0.5) is 5.13 Å². The first-order chi connectivity index (χ1) is 18.2. The molecule has 0 radical (unpaired) electrons. The van der Waals surface area contributed by atoms with Crippen LogP contribution in [0.2, 0.25) is 0 Å². The van der Waals surface area contributed by atoms with Crippen molar-refractivity contribution in [3.63, 3.8) is 0 Å². The molecule has 1 saturated heterocycles. The van der Waals surface area contributed by atoms with Crippen LogP contribution in [-0.4, -0.2) is 66.7 Å². The number of rotatable bonds is 8. The van der Waals surface area contributed by atoms with E-state index in [9.17, 15) is 19.5 Å². The number of carboxylic acids is 1. The fourth-order valence-corrected chi connectivity index (χ4v) is 6.72. The average molecular weight is 622 g/mol. The highest BCUT2D eigenvalue weighted by Gasteiger charge is 2.55. The summed E-state index contributed by atoms with van der Waals surface area (Å²) in [6.07, 6.45) is 3.77. The maximum atomic E-state index is 13.1. The monoisotopic (exact) mass is 620 g/mol. The van der Waals surface area contributed by atoms with Gasteiger partial charge in [-0.1, -0.05) is 5.16 Å². The smallest absolute Gasteiger partial charge is 0.352 e. The Kier molecular flexibility index (Phi) is 7.15. The first-order valence-corrected chi connectivity index (χ1v) is 14.2. The molecule has 0 aromatic carbocycles. The third kappa shape index (κ3) is 4.54. The number of aliphatic carboxylic acids is 1. The van der Waals surface area contributed by atoms with E-state index < -0.39 is 29.2 Å². The van der Waals surface area contributed by atoms with Crippen LogP contribution in [0.5, 0.6) is 0 Å². The van der Waals surface area contributed by atoms with Crippen molar-refractivity contribution >= 4 is 73.2 Å². The van der Waals surface area contributed by atoms with Crippen molar-refractivity contribution in [1.82, 2.24) is 19.6 Å². The first kappa shape index (κ1) is 26.2. The summed E-state index contributed by atoms with van der Waals surface area (Å²) >= 11 is 6.04. The van der Waals surface area contributed by atoms with Gasteiger partial charge in [0.2, 0.25) is 5.69 Å². The summed E-state index contributed by atoms with van der Waals surface area (Å²) in [4.78, 5) is 48.9. The number of thioether (sulfide) groups is 1. The van der Waals surface area contributed by atoms with E-state index in [1.807, 2.05) is 40.4 Å². The lowest BCUT2D eigenvalue weighted by atomic mass is 10.0. The zero-order chi connectivity index (χ0) is 27.1. The number of nitrogens with zero attached hydrogens (tertiary/aromatic N) is 5. The number of aromatic nitrogens is 3. The van der Waals surface area contributed by atoms with E-state index in [4.69, 9.17) is 10.6 Å². The molecule has 1 fully saturated rings. The number of oxime groups is 1. The Hall–Kier alpha value is -3.43. The van der Waals surface area contributed by atoms with Crippen LogP contribution in [0, 0.1) is 6.92 Å². The molecule has 5 rings (SSSR count). The molecule has 2 aliphatic rings. The third-order valence-electron chi connectivity index (χ3n) is 6.23. The van der Waals surface area contributed by atoms with Gasteiger partial charge in [0.1, 0.15) is 34.9 Å². The van der Waals surface area contributed by atoms with Gasteiger partial charge in [-0.3, -0.25) is 18.9 Å². The SMILES string of the molecule is CCO/N=C(\C(=O)N[C@@H]1C(=O)N2C(C(=O)O)=C(C[n+]3ccn4c(Br)ccc4c3C)CS[C@H]12)c1csc(N)n1. The van der Waals surface area contributed by atoms with Crippen molar-refractivity contribution in [3.05, 3.63) is 57.2 Å². The fraction of sp³-hybridized carbons (Fsp3) is 0.304.